The molecule has 1 aromatic heterocycles. The van der Waals surface area contributed by atoms with Crippen LogP contribution in [0, 0.1) is 0 Å². The van der Waals surface area contributed by atoms with Crippen LogP contribution >= 0.6 is 23.1 Å². The minimum atomic E-state index is -4.03. The lowest BCUT2D eigenvalue weighted by Gasteiger charge is -2.24. The summed E-state index contributed by atoms with van der Waals surface area (Å²) in [4.78, 5) is 13.0. The van der Waals surface area contributed by atoms with E-state index in [0.717, 1.165) is 20.8 Å². The highest BCUT2D eigenvalue weighted by atomic mass is 32.2. The summed E-state index contributed by atoms with van der Waals surface area (Å²) >= 11 is 2.81. The lowest BCUT2D eigenvalue weighted by Crippen LogP contribution is -2.38. The van der Waals surface area contributed by atoms with Gasteiger partial charge in [0.2, 0.25) is 11.0 Å². The third-order valence-electron chi connectivity index (χ3n) is 4.80. The number of anilines is 2. The minimum absolute atomic E-state index is 0.0802. The lowest BCUT2D eigenvalue weighted by atomic mass is 10.3. The van der Waals surface area contributed by atoms with Crippen molar-refractivity contribution in [3.63, 3.8) is 0 Å². The highest BCUT2D eigenvalue weighted by molar-refractivity contribution is 8.01. The summed E-state index contributed by atoms with van der Waals surface area (Å²) in [5.41, 5.74) is 0.325. The molecule has 186 valence electrons. The molecule has 0 unspecified atom stereocenters. The Labute approximate surface area is 218 Å². The second-order valence-electron chi connectivity index (χ2n) is 7.50. The first kappa shape index (κ1) is 25.7. The highest BCUT2D eigenvalue weighted by Crippen LogP contribution is 2.29. The molecule has 1 N–H and O–H groups in total. The molecule has 1 amide bonds. The summed E-state index contributed by atoms with van der Waals surface area (Å²) in [5.74, 6) is 1.57. The van der Waals surface area contributed by atoms with Crippen molar-refractivity contribution >= 4 is 49.8 Å². The SMILES string of the molecule is CCCSc1nnc(NC(=O)CN(c2ccc(Oc3ccccc3)cc2)S(=O)(=O)c2ccccc2)s1. The van der Waals surface area contributed by atoms with Gasteiger partial charge in [0, 0.05) is 5.75 Å². The molecule has 0 spiro atoms. The minimum Gasteiger partial charge on any atom is -0.457 e. The van der Waals surface area contributed by atoms with Crippen molar-refractivity contribution in [1.82, 2.24) is 10.2 Å². The molecule has 11 heteroatoms. The number of amides is 1. The van der Waals surface area contributed by atoms with Crippen LogP contribution in [0.4, 0.5) is 10.8 Å². The molecule has 4 rings (SSSR count). The molecular formula is C25H24N4O4S3. The van der Waals surface area contributed by atoms with E-state index in [2.05, 4.69) is 22.4 Å². The second kappa shape index (κ2) is 12.0. The molecule has 0 aliphatic rings. The Morgan fingerprint density at radius 3 is 2.25 bits per heavy atom. The molecule has 0 fully saturated rings. The predicted octanol–water partition coefficient (Wildman–Crippen LogP) is 5.67. The molecule has 0 aliphatic carbocycles. The van der Waals surface area contributed by atoms with E-state index in [-0.39, 0.29) is 4.90 Å². The van der Waals surface area contributed by atoms with Crippen LogP contribution in [0.2, 0.25) is 0 Å². The van der Waals surface area contributed by atoms with Crippen LogP contribution < -0.4 is 14.4 Å². The summed E-state index contributed by atoms with van der Waals surface area (Å²) in [5, 5.41) is 11.0. The molecule has 4 aromatic rings. The molecule has 1 heterocycles. The molecule has 0 radical (unpaired) electrons. The quantitative estimate of drug-likeness (QED) is 0.193. The van der Waals surface area contributed by atoms with Crippen molar-refractivity contribution in [3.05, 3.63) is 84.9 Å². The van der Waals surface area contributed by atoms with E-state index in [1.165, 1.54) is 23.5 Å². The number of nitrogens with one attached hydrogen (secondary N) is 1. The van der Waals surface area contributed by atoms with Crippen LogP contribution in [-0.4, -0.2) is 36.8 Å². The van der Waals surface area contributed by atoms with Crippen LogP contribution in [0.25, 0.3) is 0 Å². The number of nitrogens with zero attached hydrogens (tertiary/aromatic N) is 3. The average Bonchev–Trinajstić information content (AvgIpc) is 3.34. The molecule has 0 aliphatic heterocycles. The molecule has 0 saturated carbocycles. The van der Waals surface area contributed by atoms with Gasteiger partial charge in [0.15, 0.2) is 4.34 Å². The number of rotatable bonds is 11. The van der Waals surface area contributed by atoms with Gasteiger partial charge in [-0.1, -0.05) is 66.4 Å². The van der Waals surface area contributed by atoms with E-state index in [9.17, 15) is 13.2 Å². The molecule has 3 aromatic carbocycles. The molecule has 0 saturated heterocycles. The summed E-state index contributed by atoms with van der Waals surface area (Å²) in [6.45, 7) is 1.63. The Morgan fingerprint density at radius 2 is 1.58 bits per heavy atom. The van der Waals surface area contributed by atoms with E-state index in [0.29, 0.717) is 22.3 Å². The number of hydrogen-bond donors (Lipinski definition) is 1. The van der Waals surface area contributed by atoms with Crippen molar-refractivity contribution in [2.24, 2.45) is 0 Å². The van der Waals surface area contributed by atoms with Crippen molar-refractivity contribution < 1.29 is 17.9 Å². The van der Waals surface area contributed by atoms with Crippen molar-refractivity contribution in [2.45, 2.75) is 22.6 Å². The predicted molar refractivity (Wildman–Crippen MR) is 143 cm³/mol. The first-order valence-electron chi connectivity index (χ1n) is 11.1. The summed E-state index contributed by atoms with van der Waals surface area (Å²) in [7, 11) is -4.03. The van der Waals surface area contributed by atoms with Crippen molar-refractivity contribution in [3.8, 4) is 11.5 Å². The topological polar surface area (TPSA) is 101 Å². The second-order valence-corrected chi connectivity index (χ2v) is 11.7. The van der Waals surface area contributed by atoms with Gasteiger partial charge in [-0.25, -0.2) is 8.42 Å². The number of para-hydroxylation sites is 1. The van der Waals surface area contributed by atoms with Crippen LogP contribution in [0.3, 0.4) is 0 Å². The Morgan fingerprint density at radius 1 is 0.944 bits per heavy atom. The number of benzene rings is 3. The Kier molecular flexibility index (Phi) is 8.57. The van der Waals surface area contributed by atoms with Gasteiger partial charge in [-0.05, 0) is 55.0 Å². The summed E-state index contributed by atoms with van der Waals surface area (Å²) < 4.78 is 34.6. The number of ether oxygens (including phenoxy) is 1. The monoisotopic (exact) mass is 540 g/mol. The number of carbonyl (C=O) groups excluding carboxylic acids is 1. The maximum atomic E-state index is 13.5. The number of aromatic nitrogens is 2. The Bertz CT molecular complexity index is 1380. The first-order chi connectivity index (χ1) is 17.5. The number of hydrogen-bond acceptors (Lipinski definition) is 8. The molecule has 8 nitrogen and oxygen atoms in total. The molecule has 0 atom stereocenters. The zero-order chi connectivity index (χ0) is 25.4. The third kappa shape index (κ3) is 6.62. The van der Waals surface area contributed by atoms with Gasteiger partial charge >= 0.3 is 0 Å². The fourth-order valence-electron chi connectivity index (χ4n) is 3.14. The number of carbonyl (C=O) groups is 1. The Hall–Kier alpha value is -3.41. The lowest BCUT2D eigenvalue weighted by molar-refractivity contribution is -0.114. The zero-order valence-corrected chi connectivity index (χ0v) is 21.9. The van der Waals surface area contributed by atoms with Crippen LogP contribution in [0.1, 0.15) is 13.3 Å². The Balaban J connectivity index is 1.56. The van der Waals surface area contributed by atoms with Gasteiger partial charge in [-0.3, -0.25) is 14.4 Å². The summed E-state index contributed by atoms with van der Waals surface area (Å²) in [6, 6.07) is 23.8. The average molecular weight is 541 g/mol. The zero-order valence-electron chi connectivity index (χ0n) is 19.4. The highest BCUT2D eigenvalue weighted by Gasteiger charge is 2.27. The fraction of sp³-hybridized carbons (Fsp3) is 0.160. The van der Waals surface area contributed by atoms with Crippen LogP contribution in [0.15, 0.2) is 94.2 Å². The van der Waals surface area contributed by atoms with Gasteiger partial charge in [0.1, 0.15) is 18.0 Å². The largest absolute Gasteiger partial charge is 0.457 e. The fourth-order valence-corrected chi connectivity index (χ4v) is 6.27. The van der Waals surface area contributed by atoms with Gasteiger partial charge in [0.05, 0.1) is 10.6 Å². The normalized spacial score (nSPS) is 11.1. The smallest absolute Gasteiger partial charge is 0.264 e. The van der Waals surface area contributed by atoms with E-state index in [4.69, 9.17) is 4.74 Å². The molecule has 36 heavy (non-hydrogen) atoms. The number of sulfonamides is 1. The maximum Gasteiger partial charge on any atom is 0.264 e. The van der Waals surface area contributed by atoms with Gasteiger partial charge in [-0.15, -0.1) is 10.2 Å². The molecular weight excluding hydrogens is 517 g/mol. The standard InChI is InChI=1S/C25H24N4O4S3/c1-2-17-34-25-28-27-24(35-25)26-23(30)18-29(36(31,32)22-11-7-4-8-12-22)19-13-15-21(16-14-19)33-20-9-5-3-6-10-20/h3-16H,2,17-18H2,1H3,(H,26,27,30). The molecule has 0 bridgehead atoms. The van der Waals surface area contributed by atoms with Crippen molar-refractivity contribution in [1.29, 1.82) is 0 Å². The van der Waals surface area contributed by atoms with E-state index < -0.39 is 22.5 Å². The van der Waals surface area contributed by atoms with Crippen molar-refractivity contribution in [2.75, 3.05) is 21.9 Å². The first-order valence-corrected chi connectivity index (χ1v) is 14.4. The van der Waals surface area contributed by atoms with E-state index >= 15 is 0 Å². The van der Waals surface area contributed by atoms with E-state index in [1.54, 1.807) is 54.2 Å². The van der Waals surface area contributed by atoms with Gasteiger partial charge in [-0.2, -0.15) is 0 Å². The van der Waals surface area contributed by atoms with E-state index in [1.807, 2.05) is 30.3 Å². The number of thioether (sulfide) groups is 1. The van der Waals surface area contributed by atoms with Crippen LogP contribution in [0.5, 0.6) is 11.5 Å². The van der Waals surface area contributed by atoms with Gasteiger partial charge in [0.25, 0.3) is 10.0 Å². The van der Waals surface area contributed by atoms with Gasteiger partial charge < -0.3 is 4.74 Å². The third-order valence-corrected chi connectivity index (χ3v) is 8.77. The van der Waals surface area contributed by atoms with Crippen LogP contribution in [-0.2, 0) is 14.8 Å². The maximum absolute atomic E-state index is 13.5. The summed E-state index contributed by atoms with van der Waals surface area (Å²) in [6.07, 6.45) is 0.993.